The van der Waals surface area contributed by atoms with E-state index in [9.17, 15) is 4.79 Å². The fourth-order valence-electron chi connectivity index (χ4n) is 3.48. The SMILES string of the molecule is Cc1cn2ccc(C(=O)Nc3ccc(N4CCC(C)CC4)cc3)cc2n1. The summed E-state index contributed by atoms with van der Waals surface area (Å²) in [6, 6.07) is 11.8. The first-order valence-electron chi connectivity index (χ1n) is 9.20. The Morgan fingerprint density at radius 1 is 1.15 bits per heavy atom. The summed E-state index contributed by atoms with van der Waals surface area (Å²) in [5, 5.41) is 2.97. The molecule has 1 saturated heterocycles. The Morgan fingerprint density at radius 3 is 2.62 bits per heavy atom. The summed E-state index contributed by atoms with van der Waals surface area (Å²) >= 11 is 0. The lowest BCUT2D eigenvalue weighted by atomic mass is 9.99. The predicted octanol–water partition coefficient (Wildman–Crippen LogP) is 4.13. The molecule has 2 aromatic heterocycles. The Bertz CT molecular complexity index is 921. The van der Waals surface area contributed by atoms with Crippen molar-refractivity contribution < 1.29 is 4.79 Å². The molecule has 1 fully saturated rings. The predicted molar refractivity (Wildman–Crippen MR) is 105 cm³/mol. The van der Waals surface area contributed by atoms with Crippen LogP contribution in [0.5, 0.6) is 0 Å². The van der Waals surface area contributed by atoms with Gasteiger partial charge < -0.3 is 14.6 Å². The van der Waals surface area contributed by atoms with Crippen molar-refractivity contribution in [3.63, 3.8) is 0 Å². The lowest BCUT2D eigenvalue weighted by Crippen LogP contribution is -2.32. The molecule has 4 rings (SSSR count). The molecule has 1 N–H and O–H groups in total. The molecule has 1 aromatic carbocycles. The normalized spacial score (nSPS) is 15.4. The molecule has 0 unspecified atom stereocenters. The molecule has 0 saturated carbocycles. The second-order valence-corrected chi connectivity index (χ2v) is 7.23. The number of fused-ring (bicyclic) bond motifs is 1. The van der Waals surface area contributed by atoms with Crippen molar-refractivity contribution in [2.24, 2.45) is 5.92 Å². The molecule has 0 spiro atoms. The number of aryl methyl sites for hydroxylation is 1. The second-order valence-electron chi connectivity index (χ2n) is 7.23. The summed E-state index contributed by atoms with van der Waals surface area (Å²) in [6.45, 7) is 6.47. The van der Waals surface area contributed by atoms with Crippen LogP contribution in [0.2, 0.25) is 0 Å². The van der Waals surface area contributed by atoms with Crippen LogP contribution in [0.4, 0.5) is 11.4 Å². The van der Waals surface area contributed by atoms with Gasteiger partial charge in [-0.25, -0.2) is 4.98 Å². The Hall–Kier alpha value is -2.82. The highest BCUT2D eigenvalue weighted by molar-refractivity contribution is 6.04. The molecule has 0 bridgehead atoms. The van der Waals surface area contributed by atoms with Gasteiger partial charge in [-0.1, -0.05) is 6.92 Å². The number of imidazole rings is 1. The number of hydrogen-bond donors (Lipinski definition) is 1. The third-order valence-electron chi connectivity index (χ3n) is 5.12. The van der Waals surface area contributed by atoms with Gasteiger partial charge in [-0.2, -0.15) is 0 Å². The lowest BCUT2D eigenvalue weighted by molar-refractivity contribution is 0.102. The van der Waals surface area contributed by atoms with Crippen molar-refractivity contribution in [3.8, 4) is 0 Å². The van der Waals surface area contributed by atoms with Gasteiger partial charge in [-0.3, -0.25) is 4.79 Å². The summed E-state index contributed by atoms with van der Waals surface area (Å²) in [5.74, 6) is 0.703. The molecular weight excluding hydrogens is 324 g/mol. The van der Waals surface area contributed by atoms with Gasteiger partial charge in [-0.15, -0.1) is 0 Å². The van der Waals surface area contributed by atoms with Crippen molar-refractivity contribution in [1.29, 1.82) is 0 Å². The van der Waals surface area contributed by atoms with Crippen LogP contribution in [-0.2, 0) is 0 Å². The number of hydrogen-bond acceptors (Lipinski definition) is 3. The maximum Gasteiger partial charge on any atom is 0.255 e. The number of anilines is 2. The molecule has 1 aliphatic heterocycles. The van der Waals surface area contributed by atoms with E-state index < -0.39 is 0 Å². The first kappa shape index (κ1) is 16.6. The van der Waals surface area contributed by atoms with Crippen LogP contribution in [0.25, 0.3) is 5.65 Å². The van der Waals surface area contributed by atoms with E-state index in [4.69, 9.17) is 0 Å². The smallest absolute Gasteiger partial charge is 0.255 e. The maximum atomic E-state index is 12.5. The number of rotatable bonds is 3. The molecule has 1 aliphatic rings. The number of piperidine rings is 1. The van der Waals surface area contributed by atoms with Gasteiger partial charge in [0.1, 0.15) is 5.65 Å². The van der Waals surface area contributed by atoms with E-state index in [1.807, 2.05) is 48.0 Å². The van der Waals surface area contributed by atoms with Crippen LogP contribution in [0.1, 0.15) is 35.8 Å². The number of nitrogens with zero attached hydrogens (tertiary/aromatic N) is 3. The first-order valence-corrected chi connectivity index (χ1v) is 9.20. The number of carbonyl (C=O) groups excluding carboxylic acids is 1. The first-order chi connectivity index (χ1) is 12.6. The van der Waals surface area contributed by atoms with E-state index in [1.54, 1.807) is 0 Å². The third-order valence-corrected chi connectivity index (χ3v) is 5.12. The largest absolute Gasteiger partial charge is 0.372 e. The molecule has 3 heterocycles. The van der Waals surface area contributed by atoms with E-state index in [-0.39, 0.29) is 5.91 Å². The highest BCUT2D eigenvalue weighted by Gasteiger charge is 2.16. The van der Waals surface area contributed by atoms with Gasteiger partial charge >= 0.3 is 0 Å². The molecule has 0 atom stereocenters. The number of carbonyl (C=O) groups is 1. The average molecular weight is 348 g/mol. The standard InChI is InChI=1S/C21H24N4O/c1-15-7-10-24(11-8-15)19-5-3-18(4-6-19)23-21(26)17-9-12-25-14-16(2)22-20(25)13-17/h3-6,9,12-15H,7-8,10-11H2,1-2H3,(H,23,26). The zero-order valence-corrected chi connectivity index (χ0v) is 15.3. The minimum atomic E-state index is -0.118. The fourth-order valence-corrected chi connectivity index (χ4v) is 3.48. The Kier molecular flexibility index (Phi) is 4.37. The maximum absolute atomic E-state index is 12.5. The van der Waals surface area contributed by atoms with Gasteiger partial charge in [-0.05, 0) is 62.1 Å². The molecule has 5 nitrogen and oxygen atoms in total. The molecule has 26 heavy (non-hydrogen) atoms. The summed E-state index contributed by atoms with van der Waals surface area (Å²) in [7, 11) is 0. The Balaban J connectivity index is 1.45. The fraction of sp³-hybridized carbons (Fsp3) is 0.333. The number of pyridine rings is 1. The number of aromatic nitrogens is 2. The number of nitrogens with one attached hydrogen (secondary N) is 1. The molecule has 1 amide bonds. The molecular formula is C21H24N4O. The summed E-state index contributed by atoms with van der Waals surface area (Å²) < 4.78 is 1.92. The van der Waals surface area contributed by atoms with Crippen LogP contribution in [0, 0.1) is 12.8 Å². The van der Waals surface area contributed by atoms with Crippen LogP contribution in [-0.4, -0.2) is 28.4 Å². The highest BCUT2D eigenvalue weighted by atomic mass is 16.1. The van der Waals surface area contributed by atoms with Crippen LogP contribution >= 0.6 is 0 Å². The van der Waals surface area contributed by atoms with Gasteiger partial charge in [0.05, 0.1) is 5.69 Å². The zero-order chi connectivity index (χ0) is 18.1. The number of benzene rings is 1. The van der Waals surface area contributed by atoms with Gasteiger partial charge in [0.25, 0.3) is 5.91 Å². The number of amides is 1. The van der Waals surface area contributed by atoms with Crippen molar-refractivity contribution in [2.75, 3.05) is 23.3 Å². The molecule has 0 aliphatic carbocycles. The molecule has 5 heteroatoms. The lowest BCUT2D eigenvalue weighted by Gasteiger charge is -2.32. The van der Waals surface area contributed by atoms with Gasteiger partial charge in [0.2, 0.25) is 0 Å². The molecule has 134 valence electrons. The minimum Gasteiger partial charge on any atom is -0.372 e. The zero-order valence-electron chi connectivity index (χ0n) is 15.3. The second kappa shape index (κ2) is 6.83. The van der Waals surface area contributed by atoms with Crippen molar-refractivity contribution >= 4 is 22.9 Å². The quantitative estimate of drug-likeness (QED) is 0.774. The Labute approximate surface area is 153 Å². The third kappa shape index (κ3) is 3.43. The van der Waals surface area contributed by atoms with E-state index >= 15 is 0 Å². The van der Waals surface area contributed by atoms with Crippen molar-refractivity contribution in [1.82, 2.24) is 9.38 Å². The van der Waals surface area contributed by atoms with Crippen LogP contribution < -0.4 is 10.2 Å². The summed E-state index contributed by atoms with van der Waals surface area (Å²) in [6.07, 6.45) is 6.30. The Morgan fingerprint density at radius 2 is 1.88 bits per heavy atom. The topological polar surface area (TPSA) is 49.6 Å². The van der Waals surface area contributed by atoms with Crippen molar-refractivity contribution in [2.45, 2.75) is 26.7 Å². The van der Waals surface area contributed by atoms with E-state index in [1.165, 1.54) is 18.5 Å². The van der Waals surface area contributed by atoms with Gasteiger partial charge in [0.15, 0.2) is 0 Å². The highest BCUT2D eigenvalue weighted by Crippen LogP contribution is 2.24. The van der Waals surface area contributed by atoms with Crippen molar-refractivity contribution in [3.05, 3.63) is 60.0 Å². The van der Waals surface area contributed by atoms with Gasteiger partial charge in [0, 0.05) is 42.4 Å². The minimum absolute atomic E-state index is 0.118. The van der Waals surface area contributed by atoms with E-state index in [0.717, 1.165) is 36.0 Å². The van der Waals surface area contributed by atoms with E-state index in [0.29, 0.717) is 5.56 Å². The monoisotopic (exact) mass is 348 g/mol. The van der Waals surface area contributed by atoms with Crippen LogP contribution in [0.15, 0.2) is 48.8 Å². The molecule has 0 radical (unpaired) electrons. The molecule has 3 aromatic rings. The summed E-state index contributed by atoms with van der Waals surface area (Å²) in [5.41, 5.74) is 4.36. The van der Waals surface area contributed by atoms with E-state index in [2.05, 4.69) is 34.3 Å². The van der Waals surface area contributed by atoms with Crippen LogP contribution in [0.3, 0.4) is 0 Å². The summed E-state index contributed by atoms with van der Waals surface area (Å²) in [4.78, 5) is 19.4. The average Bonchev–Trinajstić information content (AvgIpc) is 3.02.